The smallest absolute Gasteiger partial charge is 0.335 e. The number of aromatic carboxylic acids is 1. The number of carboxylic acid groups (broad SMARTS) is 1. The quantitative estimate of drug-likeness (QED) is 0.581. The molecule has 2 aromatic heterocycles. The Bertz CT molecular complexity index is 854. The van der Waals surface area contributed by atoms with Crippen molar-refractivity contribution in [1.29, 1.82) is 0 Å². The first-order valence-corrected chi connectivity index (χ1v) is 5.89. The summed E-state index contributed by atoms with van der Waals surface area (Å²) in [4.78, 5) is 25.2. The summed E-state index contributed by atoms with van der Waals surface area (Å²) in [5.41, 5.74) is 1.10. The zero-order valence-electron chi connectivity index (χ0n) is 10.5. The van der Waals surface area contributed by atoms with Gasteiger partial charge in [0.05, 0.1) is 10.5 Å². The lowest BCUT2D eigenvalue weighted by atomic mass is 10.2. The third kappa shape index (κ3) is 2.29. The van der Waals surface area contributed by atoms with E-state index in [2.05, 4.69) is 10.1 Å². The molecule has 1 N–H and O–H groups in total. The summed E-state index contributed by atoms with van der Waals surface area (Å²) in [5.74, 6) is -0.676. The Balaban J connectivity index is 2.04. The molecule has 0 spiro atoms. The number of aromatic nitrogens is 3. The lowest BCUT2D eigenvalue weighted by Gasteiger charge is -1.94. The van der Waals surface area contributed by atoms with E-state index in [1.54, 1.807) is 12.1 Å². The molecule has 0 aliphatic heterocycles. The second-order valence-corrected chi connectivity index (χ2v) is 4.26. The van der Waals surface area contributed by atoms with Crippen molar-refractivity contribution in [2.24, 2.45) is 0 Å². The predicted octanol–water partition coefficient (Wildman–Crippen LogP) is 2.00. The largest absolute Gasteiger partial charge is 0.478 e. The van der Waals surface area contributed by atoms with Gasteiger partial charge in [0.2, 0.25) is 0 Å². The van der Waals surface area contributed by atoms with Crippen LogP contribution in [0.1, 0.15) is 10.4 Å². The molecule has 0 unspecified atom stereocenters. The molecule has 2 heterocycles. The van der Waals surface area contributed by atoms with Crippen molar-refractivity contribution in [3.63, 3.8) is 0 Å². The summed E-state index contributed by atoms with van der Waals surface area (Å²) in [6.45, 7) is 0. The highest BCUT2D eigenvalue weighted by atomic mass is 16.6. The van der Waals surface area contributed by atoms with Gasteiger partial charge >= 0.3 is 5.97 Å². The van der Waals surface area contributed by atoms with E-state index in [1.165, 1.54) is 35.0 Å². The summed E-state index contributed by atoms with van der Waals surface area (Å²) in [5, 5.41) is 23.7. The highest BCUT2D eigenvalue weighted by Gasteiger charge is 2.11. The minimum atomic E-state index is -1.04. The zero-order chi connectivity index (χ0) is 15.0. The van der Waals surface area contributed by atoms with E-state index in [1.807, 2.05) is 0 Å². The monoisotopic (exact) mass is 284 g/mol. The molecule has 0 aliphatic rings. The van der Waals surface area contributed by atoms with Gasteiger partial charge in [0, 0.05) is 23.9 Å². The van der Waals surface area contributed by atoms with Crippen LogP contribution < -0.4 is 0 Å². The molecule has 104 valence electrons. The van der Waals surface area contributed by atoms with Crippen LogP contribution in [0.4, 0.5) is 5.69 Å². The number of nitro groups is 1. The summed E-state index contributed by atoms with van der Waals surface area (Å²) in [6.07, 6.45) is 1.50. The molecule has 21 heavy (non-hydrogen) atoms. The first-order chi connectivity index (χ1) is 10.0. The topological polar surface area (TPSA) is 111 Å². The Kier molecular flexibility index (Phi) is 2.83. The Morgan fingerprint density at radius 1 is 1.24 bits per heavy atom. The zero-order valence-corrected chi connectivity index (χ0v) is 10.5. The molecule has 0 saturated carbocycles. The standard InChI is InChI=1S/C13H8N4O4/c18-13(19)9-5-6-16-11(7-9)14-12(15-16)8-1-3-10(4-2-8)17(20)21/h1-7H,(H,18,19). The highest BCUT2D eigenvalue weighted by Crippen LogP contribution is 2.20. The van der Waals surface area contributed by atoms with Crippen LogP contribution in [0, 0.1) is 10.1 Å². The predicted molar refractivity (Wildman–Crippen MR) is 72.0 cm³/mol. The first-order valence-electron chi connectivity index (χ1n) is 5.89. The van der Waals surface area contributed by atoms with Crippen LogP contribution in [0.3, 0.4) is 0 Å². The number of benzene rings is 1. The van der Waals surface area contributed by atoms with Crippen molar-refractivity contribution in [3.8, 4) is 11.4 Å². The van der Waals surface area contributed by atoms with Crippen molar-refractivity contribution in [2.75, 3.05) is 0 Å². The van der Waals surface area contributed by atoms with Crippen LogP contribution >= 0.6 is 0 Å². The number of fused-ring (bicyclic) bond motifs is 1. The van der Waals surface area contributed by atoms with E-state index in [-0.39, 0.29) is 11.3 Å². The van der Waals surface area contributed by atoms with Gasteiger partial charge in [-0.1, -0.05) is 0 Å². The maximum atomic E-state index is 10.9. The summed E-state index contributed by atoms with van der Waals surface area (Å²) >= 11 is 0. The fourth-order valence-corrected chi connectivity index (χ4v) is 1.87. The second-order valence-electron chi connectivity index (χ2n) is 4.26. The van der Waals surface area contributed by atoms with Crippen LogP contribution in [0.2, 0.25) is 0 Å². The Morgan fingerprint density at radius 3 is 2.57 bits per heavy atom. The van der Waals surface area contributed by atoms with Gasteiger partial charge in [-0.25, -0.2) is 14.3 Å². The van der Waals surface area contributed by atoms with Gasteiger partial charge in [-0.15, -0.1) is 5.10 Å². The number of pyridine rings is 1. The van der Waals surface area contributed by atoms with Crippen molar-refractivity contribution in [1.82, 2.24) is 14.6 Å². The molecular weight excluding hydrogens is 276 g/mol. The maximum Gasteiger partial charge on any atom is 0.335 e. The number of non-ortho nitro benzene ring substituents is 1. The number of hydrogen-bond donors (Lipinski definition) is 1. The molecule has 8 heteroatoms. The lowest BCUT2D eigenvalue weighted by Crippen LogP contribution is -1.97. The van der Waals surface area contributed by atoms with Crippen molar-refractivity contribution in [2.45, 2.75) is 0 Å². The third-order valence-corrected chi connectivity index (χ3v) is 2.92. The molecule has 1 aromatic carbocycles. The average molecular weight is 284 g/mol. The third-order valence-electron chi connectivity index (χ3n) is 2.92. The number of carbonyl (C=O) groups is 1. The lowest BCUT2D eigenvalue weighted by molar-refractivity contribution is -0.384. The van der Waals surface area contributed by atoms with E-state index in [4.69, 9.17) is 5.11 Å². The Labute approximate surface area is 117 Å². The maximum absolute atomic E-state index is 10.9. The van der Waals surface area contributed by atoms with Crippen LogP contribution in [-0.4, -0.2) is 30.6 Å². The molecule has 0 bridgehead atoms. The van der Waals surface area contributed by atoms with Gasteiger partial charge < -0.3 is 5.11 Å². The molecule has 0 saturated heterocycles. The van der Waals surface area contributed by atoms with Crippen LogP contribution in [0.15, 0.2) is 42.6 Å². The molecule has 0 amide bonds. The van der Waals surface area contributed by atoms with Crippen LogP contribution in [0.5, 0.6) is 0 Å². The van der Waals surface area contributed by atoms with E-state index in [0.29, 0.717) is 17.0 Å². The summed E-state index contributed by atoms with van der Waals surface area (Å²) < 4.78 is 1.45. The minimum Gasteiger partial charge on any atom is -0.478 e. The average Bonchev–Trinajstić information content (AvgIpc) is 2.90. The molecular formula is C13H8N4O4. The van der Waals surface area contributed by atoms with Crippen molar-refractivity contribution < 1.29 is 14.8 Å². The fourth-order valence-electron chi connectivity index (χ4n) is 1.87. The molecule has 0 fully saturated rings. The minimum absolute atomic E-state index is 0.0179. The molecule has 0 radical (unpaired) electrons. The number of nitro benzene ring substituents is 1. The SMILES string of the molecule is O=C(O)c1ccn2nc(-c3ccc([N+](=O)[O-])cc3)nc2c1. The fraction of sp³-hybridized carbons (Fsp3) is 0. The molecule has 3 aromatic rings. The van der Waals surface area contributed by atoms with E-state index < -0.39 is 10.9 Å². The number of rotatable bonds is 3. The number of nitrogens with zero attached hydrogens (tertiary/aromatic N) is 4. The normalized spacial score (nSPS) is 10.7. The van der Waals surface area contributed by atoms with Gasteiger partial charge in [-0.3, -0.25) is 10.1 Å². The summed E-state index contributed by atoms with van der Waals surface area (Å²) in [6, 6.07) is 8.65. The van der Waals surface area contributed by atoms with Gasteiger partial charge in [0.1, 0.15) is 0 Å². The second kappa shape index (κ2) is 4.67. The van der Waals surface area contributed by atoms with E-state index >= 15 is 0 Å². The van der Waals surface area contributed by atoms with E-state index in [9.17, 15) is 14.9 Å². The van der Waals surface area contributed by atoms with Crippen LogP contribution in [-0.2, 0) is 0 Å². The van der Waals surface area contributed by atoms with Crippen molar-refractivity contribution in [3.05, 3.63) is 58.3 Å². The van der Waals surface area contributed by atoms with Gasteiger partial charge in [-0.2, -0.15) is 0 Å². The molecule has 8 nitrogen and oxygen atoms in total. The Hall–Kier alpha value is -3.29. The Morgan fingerprint density at radius 2 is 1.95 bits per heavy atom. The van der Waals surface area contributed by atoms with Gasteiger partial charge in [-0.05, 0) is 24.3 Å². The molecule has 0 aliphatic carbocycles. The molecule has 3 rings (SSSR count). The van der Waals surface area contributed by atoms with Gasteiger partial charge in [0.15, 0.2) is 11.5 Å². The van der Waals surface area contributed by atoms with E-state index in [0.717, 1.165) is 0 Å². The first kappa shape index (κ1) is 12.7. The molecule has 0 atom stereocenters. The number of carboxylic acids is 1. The van der Waals surface area contributed by atoms with Crippen molar-refractivity contribution >= 4 is 17.3 Å². The van der Waals surface area contributed by atoms with Crippen LogP contribution in [0.25, 0.3) is 17.0 Å². The summed E-state index contributed by atoms with van der Waals surface area (Å²) in [7, 11) is 0. The number of hydrogen-bond acceptors (Lipinski definition) is 5. The highest BCUT2D eigenvalue weighted by molar-refractivity contribution is 5.88. The van der Waals surface area contributed by atoms with Gasteiger partial charge in [0.25, 0.3) is 5.69 Å².